The Morgan fingerprint density at radius 3 is 2.45 bits per heavy atom. The van der Waals surface area contributed by atoms with Crippen molar-refractivity contribution in [1.82, 2.24) is 4.90 Å². The van der Waals surface area contributed by atoms with Crippen molar-refractivity contribution >= 4 is 6.29 Å². The van der Waals surface area contributed by atoms with Crippen LogP contribution in [0.3, 0.4) is 0 Å². The predicted octanol–water partition coefficient (Wildman–Crippen LogP) is 1.55. The summed E-state index contributed by atoms with van der Waals surface area (Å²) < 4.78 is 0. The fourth-order valence-corrected chi connectivity index (χ4v) is 0.863. The van der Waals surface area contributed by atoms with E-state index in [0.29, 0.717) is 6.42 Å². The minimum absolute atomic E-state index is 0.661. The van der Waals surface area contributed by atoms with E-state index >= 15 is 0 Å². The van der Waals surface area contributed by atoms with Crippen LogP contribution in [0.25, 0.3) is 0 Å². The summed E-state index contributed by atoms with van der Waals surface area (Å²) in [4.78, 5) is 12.2. The molecule has 0 saturated heterocycles. The van der Waals surface area contributed by atoms with E-state index in [2.05, 4.69) is 25.8 Å². The van der Waals surface area contributed by atoms with E-state index in [1.165, 1.54) is 6.42 Å². The highest BCUT2D eigenvalue weighted by Crippen LogP contribution is 2.00. The van der Waals surface area contributed by atoms with Gasteiger partial charge >= 0.3 is 0 Å². The number of nitrogens with zero attached hydrogens (tertiary/aromatic N) is 1. The van der Waals surface area contributed by atoms with Crippen molar-refractivity contribution in [3.05, 3.63) is 0 Å². The average Bonchev–Trinajstić information content (AvgIpc) is 1.97. The zero-order valence-corrected chi connectivity index (χ0v) is 7.84. The van der Waals surface area contributed by atoms with Gasteiger partial charge in [-0.1, -0.05) is 13.8 Å². The first kappa shape index (κ1) is 10.6. The second kappa shape index (κ2) is 6.35. The number of carbonyl (C=O) groups is 1. The van der Waals surface area contributed by atoms with Gasteiger partial charge in [0.15, 0.2) is 0 Å². The van der Waals surface area contributed by atoms with Crippen molar-refractivity contribution < 1.29 is 4.79 Å². The molecule has 66 valence electrons. The molecule has 0 aromatic heterocycles. The summed E-state index contributed by atoms with van der Waals surface area (Å²) in [6, 6.07) is 0. The van der Waals surface area contributed by atoms with Crippen LogP contribution in [0.15, 0.2) is 0 Å². The normalized spacial score (nSPS) is 11.0. The Morgan fingerprint density at radius 2 is 2.00 bits per heavy atom. The van der Waals surface area contributed by atoms with Gasteiger partial charge in [-0.15, -0.1) is 0 Å². The third kappa shape index (κ3) is 7.53. The van der Waals surface area contributed by atoms with Gasteiger partial charge in [0.1, 0.15) is 6.29 Å². The van der Waals surface area contributed by atoms with Crippen molar-refractivity contribution in [1.29, 1.82) is 0 Å². The first-order valence-corrected chi connectivity index (χ1v) is 4.29. The summed E-state index contributed by atoms with van der Waals surface area (Å²) in [7, 11) is 2.06. The molecule has 0 atom stereocenters. The lowest BCUT2D eigenvalue weighted by atomic mass is 10.1. The van der Waals surface area contributed by atoms with Gasteiger partial charge in [-0.3, -0.25) is 0 Å². The fraction of sp³-hybridized carbons (Fsp3) is 0.889. The second-order valence-corrected chi connectivity index (χ2v) is 3.44. The monoisotopic (exact) mass is 157 g/mol. The maximum atomic E-state index is 10.0. The van der Waals surface area contributed by atoms with Gasteiger partial charge in [-0.05, 0) is 25.9 Å². The van der Waals surface area contributed by atoms with Crippen LogP contribution in [-0.2, 0) is 4.79 Å². The molecule has 0 bridgehead atoms. The van der Waals surface area contributed by atoms with Gasteiger partial charge in [-0.25, -0.2) is 0 Å². The summed E-state index contributed by atoms with van der Waals surface area (Å²) in [5.74, 6) is 0.758. The topological polar surface area (TPSA) is 20.3 Å². The third-order valence-electron chi connectivity index (χ3n) is 1.72. The van der Waals surface area contributed by atoms with Crippen LogP contribution in [0, 0.1) is 5.92 Å². The lowest BCUT2D eigenvalue weighted by Crippen LogP contribution is -2.22. The predicted molar refractivity (Wildman–Crippen MR) is 47.6 cm³/mol. The standard InChI is InChI=1S/C9H19NO/c1-9(2)5-7-10(3)6-4-8-11/h8-9H,4-7H2,1-3H3. The van der Waals surface area contributed by atoms with E-state index in [-0.39, 0.29) is 0 Å². The van der Waals surface area contributed by atoms with E-state index in [1.54, 1.807) is 0 Å². The van der Waals surface area contributed by atoms with E-state index in [0.717, 1.165) is 25.3 Å². The van der Waals surface area contributed by atoms with E-state index < -0.39 is 0 Å². The summed E-state index contributed by atoms with van der Waals surface area (Å²) >= 11 is 0. The van der Waals surface area contributed by atoms with Gasteiger partial charge in [0.05, 0.1) is 0 Å². The molecule has 0 radical (unpaired) electrons. The SMILES string of the molecule is CC(C)CCN(C)CCC=O. The summed E-state index contributed by atoms with van der Waals surface area (Å²) in [5.41, 5.74) is 0. The quantitative estimate of drug-likeness (QED) is 0.545. The van der Waals surface area contributed by atoms with Gasteiger partial charge in [-0.2, -0.15) is 0 Å². The Bertz CT molecular complexity index is 102. The molecular weight excluding hydrogens is 138 g/mol. The van der Waals surface area contributed by atoms with Crippen molar-refractivity contribution in [2.45, 2.75) is 26.7 Å². The molecule has 0 saturated carbocycles. The van der Waals surface area contributed by atoms with Crippen LogP contribution in [0.1, 0.15) is 26.7 Å². The van der Waals surface area contributed by atoms with Crippen LogP contribution in [0.4, 0.5) is 0 Å². The molecule has 2 heteroatoms. The van der Waals surface area contributed by atoms with Gasteiger partial charge in [0.25, 0.3) is 0 Å². The molecule has 0 unspecified atom stereocenters. The molecule has 0 aromatic carbocycles. The minimum atomic E-state index is 0.661. The van der Waals surface area contributed by atoms with Crippen LogP contribution < -0.4 is 0 Å². The van der Waals surface area contributed by atoms with Gasteiger partial charge in [0, 0.05) is 13.0 Å². The number of rotatable bonds is 6. The highest BCUT2D eigenvalue weighted by molar-refractivity contribution is 5.49. The van der Waals surface area contributed by atoms with Crippen LogP contribution in [0.2, 0.25) is 0 Å². The molecule has 0 heterocycles. The summed E-state index contributed by atoms with van der Waals surface area (Å²) in [5, 5.41) is 0. The van der Waals surface area contributed by atoms with E-state index in [1.807, 2.05) is 0 Å². The first-order valence-electron chi connectivity index (χ1n) is 4.29. The maximum Gasteiger partial charge on any atom is 0.121 e. The maximum absolute atomic E-state index is 10.0. The molecule has 0 amide bonds. The highest BCUT2D eigenvalue weighted by Gasteiger charge is 1.98. The lowest BCUT2D eigenvalue weighted by Gasteiger charge is -2.15. The first-order chi connectivity index (χ1) is 5.16. The Hall–Kier alpha value is -0.370. The molecule has 0 aliphatic carbocycles. The fourth-order valence-electron chi connectivity index (χ4n) is 0.863. The largest absolute Gasteiger partial charge is 0.306 e. The lowest BCUT2D eigenvalue weighted by molar-refractivity contribution is -0.108. The van der Waals surface area contributed by atoms with Crippen molar-refractivity contribution in [3.63, 3.8) is 0 Å². The van der Waals surface area contributed by atoms with Crippen LogP contribution in [-0.4, -0.2) is 31.3 Å². The zero-order chi connectivity index (χ0) is 8.69. The molecule has 11 heavy (non-hydrogen) atoms. The average molecular weight is 157 g/mol. The Balaban J connectivity index is 3.21. The van der Waals surface area contributed by atoms with Crippen molar-refractivity contribution in [2.24, 2.45) is 5.92 Å². The molecule has 0 N–H and O–H groups in total. The minimum Gasteiger partial charge on any atom is -0.306 e. The molecule has 2 nitrogen and oxygen atoms in total. The molecule has 0 rings (SSSR count). The Kier molecular flexibility index (Phi) is 6.13. The molecule has 0 aliphatic rings. The Labute approximate surface area is 69.6 Å². The molecule has 0 aliphatic heterocycles. The van der Waals surface area contributed by atoms with Crippen LogP contribution >= 0.6 is 0 Å². The number of hydrogen-bond acceptors (Lipinski definition) is 2. The van der Waals surface area contributed by atoms with Crippen LogP contribution in [0.5, 0.6) is 0 Å². The summed E-state index contributed by atoms with van der Waals surface area (Å²) in [6.07, 6.45) is 2.86. The van der Waals surface area contributed by atoms with Crippen molar-refractivity contribution in [2.75, 3.05) is 20.1 Å². The van der Waals surface area contributed by atoms with Gasteiger partial charge in [0.2, 0.25) is 0 Å². The zero-order valence-electron chi connectivity index (χ0n) is 7.84. The van der Waals surface area contributed by atoms with E-state index in [4.69, 9.17) is 0 Å². The van der Waals surface area contributed by atoms with Crippen molar-refractivity contribution in [3.8, 4) is 0 Å². The number of hydrogen-bond donors (Lipinski definition) is 0. The number of carbonyl (C=O) groups excluding carboxylic acids is 1. The summed E-state index contributed by atoms with van der Waals surface area (Å²) in [6.45, 7) is 6.43. The highest BCUT2D eigenvalue weighted by atomic mass is 16.1. The molecular formula is C9H19NO. The number of aldehydes is 1. The second-order valence-electron chi connectivity index (χ2n) is 3.44. The van der Waals surface area contributed by atoms with Gasteiger partial charge < -0.3 is 9.69 Å². The Morgan fingerprint density at radius 1 is 1.36 bits per heavy atom. The molecule has 0 aromatic rings. The smallest absolute Gasteiger partial charge is 0.121 e. The molecule has 0 spiro atoms. The van der Waals surface area contributed by atoms with E-state index in [9.17, 15) is 4.79 Å². The third-order valence-corrected chi connectivity index (χ3v) is 1.72. The molecule has 0 fully saturated rings.